The molecule has 0 unspecified atom stereocenters. The third-order valence-corrected chi connectivity index (χ3v) is 1.59. The van der Waals surface area contributed by atoms with E-state index in [1.54, 1.807) is 6.07 Å². The van der Waals surface area contributed by atoms with E-state index in [1.165, 1.54) is 0 Å². The van der Waals surface area contributed by atoms with Crippen LogP contribution in [0, 0.1) is 0 Å². The van der Waals surface area contributed by atoms with E-state index in [0.717, 1.165) is 5.56 Å². The second-order valence-corrected chi connectivity index (χ2v) is 2.67. The average Bonchev–Trinajstić information content (AvgIpc) is 2.01. The fraction of sp³-hybridized carbons (Fsp3) is 0.222. The molecule has 3 heteroatoms. The van der Waals surface area contributed by atoms with Gasteiger partial charge in [-0.05, 0) is 24.1 Å². The standard InChI is InChI=1S/C9H11N2O/c10-8-3-1-2-7(6-8)4-5-9(11)12/h1-3,6,11H,4-5,10H2. The van der Waals surface area contributed by atoms with Crippen LogP contribution in [0.3, 0.4) is 0 Å². The maximum absolute atomic E-state index is 10.3. The van der Waals surface area contributed by atoms with Gasteiger partial charge in [0.2, 0.25) is 5.91 Å². The Labute approximate surface area is 71.4 Å². The van der Waals surface area contributed by atoms with Crippen LogP contribution < -0.4 is 11.5 Å². The van der Waals surface area contributed by atoms with E-state index in [2.05, 4.69) is 0 Å². The SMILES string of the molecule is [NH]C(=O)CCc1cccc(N)c1. The van der Waals surface area contributed by atoms with Gasteiger partial charge in [-0.15, -0.1) is 0 Å². The molecule has 1 rings (SSSR count). The molecular weight excluding hydrogens is 152 g/mol. The fourth-order valence-electron chi connectivity index (χ4n) is 1.01. The number of benzene rings is 1. The van der Waals surface area contributed by atoms with Crippen LogP contribution in [0.5, 0.6) is 0 Å². The molecule has 0 heterocycles. The van der Waals surface area contributed by atoms with Gasteiger partial charge in [0.25, 0.3) is 0 Å². The molecule has 63 valence electrons. The second kappa shape index (κ2) is 3.76. The summed E-state index contributed by atoms with van der Waals surface area (Å²) < 4.78 is 0. The molecule has 12 heavy (non-hydrogen) atoms. The van der Waals surface area contributed by atoms with Gasteiger partial charge in [0.1, 0.15) is 0 Å². The summed E-state index contributed by atoms with van der Waals surface area (Å²) in [7, 11) is 0. The van der Waals surface area contributed by atoms with Crippen LogP contribution in [0.4, 0.5) is 5.69 Å². The highest BCUT2D eigenvalue weighted by atomic mass is 16.1. The minimum Gasteiger partial charge on any atom is -0.399 e. The lowest BCUT2D eigenvalue weighted by atomic mass is 10.1. The summed E-state index contributed by atoms with van der Waals surface area (Å²) in [6, 6.07) is 7.37. The van der Waals surface area contributed by atoms with Gasteiger partial charge in [0.05, 0.1) is 0 Å². The Morgan fingerprint density at radius 3 is 2.83 bits per heavy atom. The second-order valence-electron chi connectivity index (χ2n) is 2.67. The smallest absolute Gasteiger partial charge is 0.238 e. The molecule has 0 aliphatic rings. The molecule has 0 saturated carbocycles. The first-order valence-corrected chi connectivity index (χ1v) is 3.77. The Hall–Kier alpha value is -1.51. The van der Waals surface area contributed by atoms with Crippen LogP contribution in [0.25, 0.3) is 0 Å². The summed E-state index contributed by atoms with van der Waals surface area (Å²) in [4.78, 5) is 10.3. The molecule has 0 aromatic heterocycles. The molecule has 3 nitrogen and oxygen atoms in total. The molecule has 0 aliphatic heterocycles. The van der Waals surface area contributed by atoms with Crippen molar-refractivity contribution in [3.63, 3.8) is 0 Å². The summed E-state index contributed by atoms with van der Waals surface area (Å²) in [5.41, 5.74) is 14.0. The summed E-state index contributed by atoms with van der Waals surface area (Å²) >= 11 is 0. The van der Waals surface area contributed by atoms with Crippen molar-refractivity contribution in [1.82, 2.24) is 5.73 Å². The Balaban J connectivity index is 2.57. The predicted octanol–water partition coefficient (Wildman–Crippen LogP) is 1.01. The normalized spacial score (nSPS) is 9.67. The highest BCUT2D eigenvalue weighted by Crippen LogP contribution is 2.08. The van der Waals surface area contributed by atoms with Crippen molar-refractivity contribution in [1.29, 1.82) is 0 Å². The van der Waals surface area contributed by atoms with Crippen molar-refractivity contribution >= 4 is 11.6 Å². The number of aryl methyl sites for hydroxylation is 1. The minimum atomic E-state index is -0.530. The molecule has 0 aliphatic carbocycles. The van der Waals surface area contributed by atoms with Crippen molar-refractivity contribution in [2.75, 3.05) is 5.73 Å². The number of nitrogen functional groups attached to an aromatic ring is 1. The monoisotopic (exact) mass is 163 g/mol. The number of hydrogen-bond donors (Lipinski definition) is 1. The summed E-state index contributed by atoms with van der Waals surface area (Å²) in [6.45, 7) is 0. The molecule has 0 fully saturated rings. The van der Waals surface area contributed by atoms with Gasteiger partial charge in [-0.3, -0.25) is 10.5 Å². The molecular formula is C9H11N2O. The molecule has 0 spiro atoms. The molecule has 3 N–H and O–H groups in total. The molecule has 1 aromatic carbocycles. The van der Waals surface area contributed by atoms with E-state index in [4.69, 9.17) is 11.5 Å². The number of rotatable bonds is 3. The Kier molecular flexibility index (Phi) is 2.69. The third-order valence-electron chi connectivity index (χ3n) is 1.59. The molecule has 1 aromatic rings. The molecule has 0 atom stereocenters. The fourth-order valence-corrected chi connectivity index (χ4v) is 1.01. The molecule has 1 radical (unpaired) electrons. The lowest BCUT2D eigenvalue weighted by Gasteiger charge is -1.99. The Morgan fingerprint density at radius 1 is 1.50 bits per heavy atom. The van der Waals surface area contributed by atoms with Crippen LogP contribution in [0.1, 0.15) is 12.0 Å². The first-order valence-electron chi connectivity index (χ1n) is 3.77. The zero-order chi connectivity index (χ0) is 8.97. The van der Waals surface area contributed by atoms with E-state index >= 15 is 0 Å². The van der Waals surface area contributed by atoms with Crippen LogP contribution in [0.15, 0.2) is 24.3 Å². The van der Waals surface area contributed by atoms with Crippen LogP contribution in [0.2, 0.25) is 0 Å². The molecule has 0 saturated heterocycles. The summed E-state index contributed by atoms with van der Waals surface area (Å²) in [6.07, 6.45) is 0.872. The molecule has 0 bridgehead atoms. The highest BCUT2D eigenvalue weighted by Gasteiger charge is 1.97. The predicted molar refractivity (Wildman–Crippen MR) is 47.3 cm³/mol. The van der Waals surface area contributed by atoms with Crippen LogP contribution in [-0.2, 0) is 11.2 Å². The van der Waals surface area contributed by atoms with Crippen molar-refractivity contribution < 1.29 is 4.79 Å². The van der Waals surface area contributed by atoms with Crippen molar-refractivity contribution in [3.8, 4) is 0 Å². The molecule has 1 amide bonds. The lowest BCUT2D eigenvalue weighted by Crippen LogP contribution is -1.99. The number of anilines is 1. The van der Waals surface area contributed by atoms with Crippen LogP contribution >= 0.6 is 0 Å². The zero-order valence-electron chi connectivity index (χ0n) is 6.71. The van der Waals surface area contributed by atoms with Crippen molar-refractivity contribution in [2.24, 2.45) is 0 Å². The topological polar surface area (TPSA) is 66.9 Å². The third kappa shape index (κ3) is 2.62. The van der Waals surface area contributed by atoms with E-state index in [-0.39, 0.29) is 6.42 Å². The highest BCUT2D eigenvalue weighted by molar-refractivity contribution is 5.73. The number of hydrogen-bond acceptors (Lipinski definition) is 2. The maximum Gasteiger partial charge on any atom is 0.238 e. The average molecular weight is 163 g/mol. The maximum atomic E-state index is 10.3. The Bertz CT molecular complexity index is 284. The van der Waals surface area contributed by atoms with Gasteiger partial charge in [-0.25, -0.2) is 0 Å². The van der Waals surface area contributed by atoms with E-state index in [9.17, 15) is 4.79 Å². The summed E-state index contributed by atoms with van der Waals surface area (Å²) in [5, 5.41) is 0. The van der Waals surface area contributed by atoms with Crippen molar-refractivity contribution in [3.05, 3.63) is 29.8 Å². The number of nitrogens with one attached hydrogen (secondary N) is 1. The lowest BCUT2D eigenvalue weighted by molar-refractivity contribution is -0.118. The van der Waals surface area contributed by atoms with Gasteiger partial charge >= 0.3 is 0 Å². The van der Waals surface area contributed by atoms with E-state index in [1.807, 2.05) is 18.2 Å². The van der Waals surface area contributed by atoms with Gasteiger partial charge in [0.15, 0.2) is 0 Å². The largest absolute Gasteiger partial charge is 0.399 e. The van der Waals surface area contributed by atoms with Gasteiger partial charge in [0, 0.05) is 12.1 Å². The minimum absolute atomic E-state index is 0.267. The number of carbonyl (C=O) groups is 1. The van der Waals surface area contributed by atoms with Gasteiger partial charge in [-0.2, -0.15) is 0 Å². The van der Waals surface area contributed by atoms with Crippen LogP contribution in [-0.4, -0.2) is 5.91 Å². The first kappa shape index (κ1) is 8.59. The van der Waals surface area contributed by atoms with Gasteiger partial charge < -0.3 is 5.73 Å². The number of nitrogens with two attached hydrogens (primary N) is 1. The quantitative estimate of drug-likeness (QED) is 0.676. The van der Waals surface area contributed by atoms with E-state index < -0.39 is 5.91 Å². The summed E-state index contributed by atoms with van der Waals surface area (Å²) in [5.74, 6) is -0.530. The Morgan fingerprint density at radius 2 is 2.25 bits per heavy atom. The number of amides is 1. The first-order chi connectivity index (χ1) is 5.68. The van der Waals surface area contributed by atoms with E-state index in [0.29, 0.717) is 12.1 Å². The van der Waals surface area contributed by atoms with Crippen molar-refractivity contribution in [2.45, 2.75) is 12.8 Å². The number of carbonyl (C=O) groups excluding carboxylic acids is 1. The zero-order valence-corrected chi connectivity index (χ0v) is 6.71. The van der Waals surface area contributed by atoms with Gasteiger partial charge in [-0.1, -0.05) is 12.1 Å².